The Labute approximate surface area is 191 Å². The molecule has 5 nitrogen and oxygen atoms in total. The Morgan fingerprint density at radius 1 is 1.16 bits per heavy atom. The standard InChI is InChI=1S/C25H35ClN4O/c1-18-16-25(13-14-29(18)17-19-7-5-8-19)23(27-21-10-3-2-4-11-21)28-24(31)30(25)22-12-6-9-20(26)15-22/h6,9,12,15,18-19,21H,2-5,7-8,10-11,13-14,16-17H2,1H3,(H,27,28,31)/t18-,25+/m0/s1. The molecule has 2 heterocycles. The molecule has 0 radical (unpaired) electrons. The summed E-state index contributed by atoms with van der Waals surface area (Å²) in [5, 5.41) is 4.41. The van der Waals surface area contributed by atoms with Crippen LogP contribution >= 0.6 is 11.6 Å². The summed E-state index contributed by atoms with van der Waals surface area (Å²) in [4.78, 5) is 22.5. The van der Waals surface area contributed by atoms with Gasteiger partial charge in [0.25, 0.3) is 0 Å². The molecule has 0 bridgehead atoms. The summed E-state index contributed by atoms with van der Waals surface area (Å²) in [6.07, 6.45) is 12.1. The quantitative estimate of drug-likeness (QED) is 0.657. The van der Waals surface area contributed by atoms with Crippen molar-refractivity contribution in [1.82, 2.24) is 10.2 Å². The van der Waals surface area contributed by atoms with E-state index >= 15 is 0 Å². The predicted molar refractivity (Wildman–Crippen MR) is 127 cm³/mol. The van der Waals surface area contributed by atoms with Gasteiger partial charge in [0.05, 0.1) is 0 Å². The highest BCUT2D eigenvalue weighted by molar-refractivity contribution is 6.31. The van der Waals surface area contributed by atoms with Crippen LogP contribution in [-0.2, 0) is 0 Å². The average molecular weight is 443 g/mol. The maximum Gasteiger partial charge on any atom is 0.350 e. The number of anilines is 1. The Morgan fingerprint density at radius 3 is 2.65 bits per heavy atom. The molecule has 2 atom stereocenters. The number of aliphatic imine (C=N–C) groups is 1. The van der Waals surface area contributed by atoms with E-state index in [-0.39, 0.29) is 6.03 Å². The van der Waals surface area contributed by atoms with Crippen molar-refractivity contribution in [1.29, 1.82) is 0 Å². The van der Waals surface area contributed by atoms with E-state index in [4.69, 9.17) is 11.6 Å². The highest BCUT2D eigenvalue weighted by Crippen LogP contribution is 2.42. The number of benzene rings is 1. The van der Waals surface area contributed by atoms with Crippen LogP contribution in [0.2, 0.25) is 5.02 Å². The van der Waals surface area contributed by atoms with Crippen LogP contribution in [0.5, 0.6) is 0 Å². The molecule has 0 unspecified atom stereocenters. The number of nitrogens with zero attached hydrogens (tertiary/aromatic N) is 3. The number of amides is 2. The second-order valence-electron chi connectivity index (χ2n) is 10.2. The fourth-order valence-corrected chi connectivity index (χ4v) is 6.27. The number of likely N-dealkylation sites (tertiary alicyclic amines) is 1. The molecule has 0 aromatic heterocycles. The Hall–Kier alpha value is -1.59. The van der Waals surface area contributed by atoms with Gasteiger partial charge in [-0.25, -0.2) is 4.79 Å². The SMILES string of the molecule is C[C@H]1C[C@]2(CCN1CC1CCC1)C(NC1CCCCC1)=NC(=O)N2c1cccc(Cl)c1. The number of amidine groups is 1. The molecule has 1 N–H and O–H groups in total. The van der Waals surface area contributed by atoms with Gasteiger partial charge in [-0.05, 0) is 69.6 Å². The molecule has 1 aromatic rings. The molecular weight excluding hydrogens is 408 g/mol. The first-order chi connectivity index (χ1) is 15.0. The zero-order valence-corrected chi connectivity index (χ0v) is 19.4. The normalized spacial score (nSPS) is 30.5. The third kappa shape index (κ3) is 4.11. The smallest absolute Gasteiger partial charge is 0.350 e. The lowest BCUT2D eigenvalue weighted by atomic mass is 9.78. The van der Waals surface area contributed by atoms with Gasteiger partial charge in [-0.3, -0.25) is 4.90 Å². The monoisotopic (exact) mass is 442 g/mol. The first-order valence-electron chi connectivity index (χ1n) is 12.2. The van der Waals surface area contributed by atoms with Gasteiger partial charge < -0.3 is 10.2 Å². The van der Waals surface area contributed by atoms with Gasteiger partial charge in [0.2, 0.25) is 0 Å². The minimum atomic E-state index is -0.394. The fourth-order valence-electron chi connectivity index (χ4n) is 6.08. The Balaban J connectivity index is 1.43. The van der Waals surface area contributed by atoms with Crippen LogP contribution in [0.15, 0.2) is 29.3 Å². The van der Waals surface area contributed by atoms with Crippen LogP contribution in [0, 0.1) is 5.92 Å². The van der Waals surface area contributed by atoms with Crippen molar-refractivity contribution in [2.24, 2.45) is 10.9 Å². The van der Waals surface area contributed by atoms with Gasteiger partial charge >= 0.3 is 6.03 Å². The lowest BCUT2D eigenvalue weighted by Crippen LogP contribution is -2.64. The number of halogens is 1. The van der Waals surface area contributed by atoms with Crippen molar-refractivity contribution >= 4 is 29.2 Å². The molecule has 2 aliphatic carbocycles. The molecule has 31 heavy (non-hydrogen) atoms. The number of hydrogen-bond acceptors (Lipinski definition) is 3. The third-order valence-corrected chi connectivity index (χ3v) is 8.30. The van der Waals surface area contributed by atoms with Crippen molar-refractivity contribution < 1.29 is 4.79 Å². The summed E-state index contributed by atoms with van der Waals surface area (Å²) in [6.45, 7) is 4.54. The zero-order chi connectivity index (χ0) is 21.4. The van der Waals surface area contributed by atoms with Crippen LogP contribution in [0.3, 0.4) is 0 Å². The number of hydrogen-bond donors (Lipinski definition) is 1. The highest BCUT2D eigenvalue weighted by atomic mass is 35.5. The Morgan fingerprint density at radius 2 is 1.97 bits per heavy atom. The maximum absolute atomic E-state index is 13.3. The molecule has 2 amide bonds. The van der Waals surface area contributed by atoms with Crippen molar-refractivity contribution in [3.63, 3.8) is 0 Å². The molecular formula is C25H35ClN4O. The van der Waals surface area contributed by atoms with Gasteiger partial charge in [0.15, 0.2) is 0 Å². The summed E-state index contributed by atoms with van der Waals surface area (Å²) < 4.78 is 0. The van der Waals surface area contributed by atoms with Crippen LogP contribution in [0.1, 0.15) is 71.1 Å². The van der Waals surface area contributed by atoms with Crippen LogP contribution in [0.25, 0.3) is 0 Å². The summed E-state index contributed by atoms with van der Waals surface area (Å²) in [5.74, 6) is 1.76. The van der Waals surface area contributed by atoms with E-state index in [2.05, 4.69) is 22.1 Å². The predicted octanol–water partition coefficient (Wildman–Crippen LogP) is 5.62. The molecule has 3 fully saturated rings. The minimum absolute atomic E-state index is 0.153. The topological polar surface area (TPSA) is 47.9 Å². The van der Waals surface area contributed by atoms with E-state index in [1.54, 1.807) is 0 Å². The average Bonchev–Trinajstić information content (AvgIpc) is 2.97. The number of urea groups is 1. The second-order valence-corrected chi connectivity index (χ2v) is 10.6. The van der Waals surface area contributed by atoms with Gasteiger partial charge in [-0.2, -0.15) is 4.99 Å². The maximum atomic E-state index is 13.3. The first kappa shape index (κ1) is 21.3. The number of rotatable bonds is 4. The molecule has 168 valence electrons. The molecule has 4 aliphatic rings. The molecule has 6 heteroatoms. The van der Waals surface area contributed by atoms with E-state index in [1.807, 2.05) is 29.2 Å². The number of piperidine rings is 1. The molecule has 1 aromatic carbocycles. The fraction of sp³-hybridized carbons (Fsp3) is 0.680. The second kappa shape index (κ2) is 8.74. The molecule has 1 saturated heterocycles. The summed E-state index contributed by atoms with van der Waals surface area (Å²) in [6, 6.07) is 8.40. The van der Waals surface area contributed by atoms with Crippen LogP contribution < -0.4 is 10.2 Å². The van der Waals surface area contributed by atoms with Crippen LogP contribution in [0.4, 0.5) is 10.5 Å². The Bertz CT molecular complexity index is 848. The van der Waals surface area contributed by atoms with Crippen molar-refractivity contribution in [2.75, 3.05) is 18.0 Å². The number of carbonyl (C=O) groups is 1. The van der Waals surface area contributed by atoms with E-state index < -0.39 is 5.54 Å². The van der Waals surface area contributed by atoms with Gasteiger partial charge in [-0.15, -0.1) is 0 Å². The summed E-state index contributed by atoms with van der Waals surface area (Å²) >= 11 is 6.32. The molecule has 1 spiro atoms. The van der Waals surface area contributed by atoms with Gasteiger partial charge in [0, 0.05) is 35.9 Å². The van der Waals surface area contributed by atoms with E-state index in [0.717, 1.165) is 36.8 Å². The molecule has 2 aliphatic heterocycles. The van der Waals surface area contributed by atoms with E-state index in [9.17, 15) is 4.79 Å². The summed E-state index contributed by atoms with van der Waals surface area (Å²) in [5.41, 5.74) is 0.468. The van der Waals surface area contributed by atoms with Gasteiger partial charge in [-0.1, -0.05) is 43.4 Å². The molecule has 2 saturated carbocycles. The lowest BCUT2D eigenvalue weighted by Gasteiger charge is -2.49. The zero-order valence-electron chi connectivity index (χ0n) is 18.7. The third-order valence-electron chi connectivity index (χ3n) is 8.07. The lowest BCUT2D eigenvalue weighted by molar-refractivity contribution is 0.0897. The van der Waals surface area contributed by atoms with Crippen molar-refractivity contribution in [3.8, 4) is 0 Å². The highest BCUT2D eigenvalue weighted by Gasteiger charge is 2.54. The largest absolute Gasteiger partial charge is 0.369 e. The summed E-state index contributed by atoms with van der Waals surface area (Å²) in [7, 11) is 0. The first-order valence-corrected chi connectivity index (χ1v) is 12.6. The number of nitrogens with one attached hydrogen (secondary N) is 1. The van der Waals surface area contributed by atoms with E-state index in [1.165, 1.54) is 57.9 Å². The number of carbonyl (C=O) groups excluding carboxylic acids is 1. The van der Waals surface area contributed by atoms with E-state index in [0.29, 0.717) is 17.1 Å². The minimum Gasteiger partial charge on any atom is -0.369 e. The van der Waals surface area contributed by atoms with Crippen molar-refractivity contribution in [3.05, 3.63) is 29.3 Å². The Kier molecular flexibility index (Phi) is 6.00. The molecule has 5 rings (SSSR count). The van der Waals surface area contributed by atoms with Gasteiger partial charge in [0.1, 0.15) is 11.4 Å². The van der Waals surface area contributed by atoms with Crippen LogP contribution in [-0.4, -0.2) is 47.5 Å². The van der Waals surface area contributed by atoms with Crippen molar-refractivity contribution in [2.45, 2.75) is 88.8 Å².